The number of hydrogen-bond donors (Lipinski definition) is 2. The van der Waals surface area contributed by atoms with Crippen LogP contribution in [0.3, 0.4) is 0 Å². The second-order valence-corrected chi connectivity index (χ2v) is 4.22. The van der Waals surface area contributed by atoms with Gasteiger partial charge in [0.15, 0.2) is 5.78 Å². The summed E-state index contributed by atoms with van der Waals surface area (Å²) in [5.41, 5.74) is 0.685. The number of Topliss-reactive ketones (excluding diaryl/α,β-unsaturated/α-hetero) is 1. The number of aliphatic hydroxyl groups is 2. The molecule has 1 heterocycles. The second-order valence-electron chi connectivity index (χ2n) is 4.22. The number of rotatable bonds is 4. The van der Waals surface area contributed by atoms with Gasteiger partial charge in [0, 0.05) is 17.1 Å². The number of benzene rings is 1. The standard InChI is InChI=1S/C13H14FNO3/c1-8(17)11-6-15(5-9(18)7-16)13-10(11)3-2-4-12(13)14/h2-4,6,9,16,18H,5,7H2,1H3. The average molecular weight is 251 g/mol. The predicted molar refractivity (Wildman–Crippen MR) is 65.0 cm³/mol. The van der Waals surface area contributed by atoms with Gasteiger partial charge < -0.3 is 14.8 Å². The minimum absolute atomic E-state index is 0.0429. The smallest absolute Gasteiger partial charge is 0.161 e. The lowest BCUT2D eigenvalue weighted by Crippen LogP contribution is -2.19. The lowest BCUT2D eigenvalue weighted by atomic mass is 10.1. The topological polar surface area (TPSA) is 62.5 Å². The molecular formula is C13H14FNO3. The molecule has 0 fully saturated rings. The summed E-state index contributed by atoms with van der Waals surface area (Å²) in [6.07, 6.45) is 0.523. The minimum atomic E-state index is -0.986. The first-order valence-electron chi connectivity index (χ1n) is 5.61. The zero-order valence-corrected chi connectivity index (χ0v) is 9.93. The summed E-state index contributed by atoms with van der Waals surface area (Å²) in [5, 5.41) is 18.8. The molecule has 1 atom stereocenters. The third-order valence-corrected chi connectivity index (χ3v) is 2.85. The van der Waals surface area contributed by atoms with E-state index in [1.165, 1.54) is 29.8 Å². The molecule has 1 unspecified atom stereocenters. The fourth-order valence-corrected chi connectivity index (χ4v) is 2.02. The van der Waals surface area contributed by atoms with Gasteiger partial charge in [0.1, 0.15) is 5.82 Å². The van der Waals surface area contributed by atoms with Crippen LogP contribution in [-0.2, 0) is 6.54 Å². The maximum absolute atomic E-state index is 13.8. The van der Waals surface area contributed by atoms with Crippen LogP contribution in [0, 0.1) is 5.82 Å². The number of nitrogens with zero attached hydrogens (tertiary/aromatic N) is 1. The summed E-state index contributed by atoms with van der Waals surface area (Å²) in [6, 6.07) is 4.50. The Morgan fingerprint density at radius 1 is 1.50 bits per heavy atom. The Bertz CT molecular complexity index is 591. The van der Waals surface area contributed by atoms with Gasteiger partial charge in [0.2, 0.25) is 0 Å². The fraction of sp³-hybridized carbons (Fsp3) is 0.308. The molecule has 0 aliphatic rings. The zero-order valence-electron chi connectivity index (χ0n) is 9.93. The van der Waals surface area contributed by atoms with E-state index in [-0.39, 0.29) is 17.8 Å². The van der Waals surface area contributed by atoms with Crippen LogP contribution >= 0.6 is 0 Å². The third kappa shape index (κ3) is 2.14. The first-order chi connectivity index (χ1) is 8.54. The molecule has 0 saturated heterocycles. The van der Waals surface area contributed by atoms with Crippen LogP contribution in [-0.4, -0.2) is 33.3 Å². The van der Waals surface area contributed by atoms with Crippen LogP contribution in [0.5, 0.6) is 0 Å². The van der Waals surface area contributed by atoms with Crippen molar-refractivity contribution in [3.8, 4) is 0 Å². The summed E-state index contributed by atoms with van der Waals surface area (Å²) < 4.78 is 15.3. The van der Waals surface area contributed by atoms with Gasteiger partial charge in [-0.1, -0.05) is 12.1 Å². The van der Waals surface area contributed by atoms with Crippen molar-refractivity contribution in [2.75, 3.05) is 6.61 Å². The molecule has 2 aromatic rings. The average Bonchev–Trinajstić information content (AvgIpc) is 2.69. The fourth-order valence-electron chi connectivity index (χ4n) is 2.02. The highest BCUT2D eigenvalue weighted by Crippen LogP contribution is 2.24. The molecular weight excluding hydrogens is 237 g/mol. The molecule has 0 saturated carbocycles. The molecule has 0 aliphatic heterocycles. The normalized spacial score (nSPS) is 12.9. The van der Waals surface area contributed by atoms with Gasteiger partial charge in [-0.05, 0) is 13.0 Å². The number of halogens is 1. The monoisotopic (exact) mass is 251 g/mol. The molecule has 4 nitrogen and oxygen atoms in total. The molecule has 0 bridgehead atoms. The van der Waals surface area contributed by atoms with Crippen molar-refractivity contribution in [2.45, 2.75) is 19.6 Å². The summed E-state index contributed by atoms with van der Waals surface area (Å²) in [6.45, 7) is 1.04. The van der Waals surface area contributed by atoms with Crippen molar-refractivity contribution in [3.05, 3.63) is 35.8 Å². The lowest BCUT2D eigenvalue weighted by molar-refractivity contribution is 0.0820. The Labute approximate surface area is 103 Å². The molecule has 2 rings (SSSR count). The highest BCUT2D eigenvalue weighted by atomic mass is 19.1. The first-order valence-corrected chi connectivity index (χ1v) is 5.61. The molecule has 96 valence electrons. The number of para-hydroxylation sites is 1. The molecule has 18 heavy (non-hydrogen) atoms. The van der Waals surface area contributed by atoms with Crippen LogP contribution in [0.15, 0.2) is 24.4 Å². The van der Waals surface area contributed by atoms with Gasteiger partial charge in [0.05, 0.1) is 24.8 Å². The predicted octanol–water partition coefficient (Wildman–Crippen LogP) is 1.34. The minimum Gasteiger partial charge on any atom is -0.394 e. The van der Waals surface area contributed by atoms with E-state index in [1.807, 2.05) is 0 Å². The maximum Gasteiger partial charge on any atom is 0.161 e. The highest BCUT2D eigenvalue weighted by molar-refractivity contribution is 6.07. The second kappa shape index (κ2) is 4.88. The van der Waals surface area contributed by atoms with Crippen molar-refractivity contribution in [3.63, 3.8) is 0 Å². The van der Waals surface area contributed by atoms with Crippen LogP contribution in [0.2, 0.25) is 0 Å². The molecule has 0 radical (unpaired) electrons. The molecule has 0 spiro atoms. The molecule has 1 aromatic carbocycles. The number of hydrogen-bond acceptors (Lipinski definition) is 3. The number of aliphatic hydroxyl groups excluding tert-OH is 2. The van der Waals surface area contributed by atoms with Crippen molar-refractivity contribution in [1.82, 2.24) is 4.57 Å². The van der Waals surface area contributed by atoms with E-state index >= 15 is 0 Å². The van der Waals surface area contributed by atoms with Crippen LogP contribution < -0.4 is 0 Å². The summed E-state index contributed by atoms with van der Waals surface area (Å²) in [4.78, 5) is 11.5. The van der Waals surface area contributed by atoms with E-state index in [9.17, 15) is 14.3 Å². The lowest BCUT2D eigenvalue weighted by Gasteiger charge is -2.09. The summed E-state index contributed by atoms with van der Waals surface area (Å²) >= 11 is 0. The van der Waals surface area contributed by atoms with Crippen LogP contribution in [0.25, 0.3) is 10.9 Å². The van der Waals surface area contributed by atoms with Gasteiger partial charge in [0.25, 0.3) is 0 Å². The first kappa shape index (κ1) is 12.7. The highest BCUT2D eigenvalue weighted by Gasteiger charge is 2.16. The van der Waals surface area contributed by atoms with Gasteiger partial charge >= 0.3 is 0 Å². The van der Waals surface area contributed by atoms with Crippen molar-refractivity contribution in [2.24, 2.45) is 0 Å². The SMILES string of the molecule is CC(=O)c1cn(CC(O)CO)c2c(F)cccc12. The number of fused-ring (bicyclic) bond motifs is 1. The third-order valence-electron chi connectivity index (χ3n) is 2.85. The Hall–Kier alpha value is -1.72. The van der Waals surface area contributed by atoms with E-state index in [2.05, 4.69) is 0 Å². The molecule has 0 amide bonds. The van der Waals surface area contributed by atoms with Crippen LogP contribution in [0.4, 0.5) is 4.39 Å². The molecule has 0 aliphatic carbocycles. The number of ketones is 1. The number of aromatic nitrogens is 1. The molecule has 5 heteroatoms. The van der Waals surface area contributed by atoms with E-state index in [0.29, 0.717) is 10.9 Å². The van der Waals surface area contributed by atoms with Gasteiger partial charge in [-0.3, -0.25) is 4.79 Å². The molecule has 1 aromatic heterocycles. The number of carbonyl (C=O) groups excluding carboxylic acids is 1. The summed E-state index contributed by atoms with van der Waals surface area (Å²) in [7, 11) is 0. The largest absolute Gasteiger partial charge is 0.394 e. The Balaban J connectivity index is 2.62. The Kier molecular flexibility index (Phi) is 3.45. The van der Waals surface area contributed by atoms with E-state index < -0.39 is 18.5 Å². The molecule has 2 N–H and O–H groups in total. The zero-order chi connectivity index (χ0) is 13.3. The van der Waals surface area contributed by atoms with E-state index in [1.54, 1.807) is 6.07 Å². The van der Waals surface area contributed by atoms with Gasteiger partial charge in [-0.25, -0.2) is 4.39 Å². The van der Waals surface area contributed by atoms with E-state index in [0.717, 1.165) is 0 Å². The van der Waals surface area contributed by atoms with E-state index in [4.69, 9.17) is 5.11 Å². The Morgan fingerprint density at radius 2 is 2.22 bits per heavy atom. The van der Waals surface area contributed by atoms with Crippen molar-refractivity contribution < 1.29 is 19.4 Å². The summed E-state index contributed by atoms with van der Waals surface area (Å²) in [5.74, 6) is -0.618. The van der Waals surface area contributed by atoms with Crippen LogP contribution in [0.1, 0.15) is 17.3 Å². The van der Waals surface area contributed by atoms with Crippen molar-refractivity contribution >= 4 is 16.7 Å². The van der Waals surface area contributed by atoms with Gasteiger partial charge in [-0.2, -0.15) is 0 Å². The maximum atomic E-state index is 13.8. The Morgan fingerprint density at radius 3 is 2.83 bits per heavy atom. The quantitative estimate of drug-likeness (QED) is 0.806. The number of carbonyl (C=O) groups is 1. The van der Waals surface area contributed by atoms with Gasteiger partial charge in [-0.15, -0.1) is 0 Å². The van der Waals surface area contributed by atoms with Crippen molar-refractivity contribution in [1.29, 1.82) is 0 Å².